The maximum atomic E-state index is 12.0. The Labute approximate surface area is 309 Å². The third-order valence-electron chi connectivity index (χ3n) is 5.67. The molecule has 1 aromatic carbocycles. The van der Waals surface area contributed by atoms with Gasteiger partial charge in [0.05, 0.1) is 45.8 Å². The SMILES string of the molecule is C/C=C(/CN(Cc1ccco1)C(=O)/C=C/C)OC.C=O.CC.CC.CC(N)=O.CC(NCOCc1ccccc1)C(=O)NC(C)C(=O)NN(C)C=O. The van der Waals surface area contributed by atoms with E-state index in [2.05, 4.69) is 21.8 Å². The number of hydrogen-bond acceptors (Lipinski definition) is 10. The largest absolute Gasteiger partial charge is 0.500 e. The van der Waals surface area contributed by atoms with Crippen molar-refractivity contribution in [2.24, 2.45) is 5.73 Å². The standard InChI is InChI=1S/C16H24N4O4.C14H19NO3.C2H5NO.2C2H6.CH2O/c1-12(17-10-24-9-14-7-5-4-6-8-14)15(22)18-13(2)16(23)19-20(3)11-21;1-4-7-14(16)15(10-12(5-2)17-3)11-13-8-6-9-18-13;1-2(3)4;3*1-2/h4-8,11-13,17H,9-10H2,1-3H3,(H,18,22)(H,19,23);4-9H,10-11H2,1-3H3;1H3,(H2,3,4);2*1-2H3;1H2/b;7-4+,12-5-;;;;. The van der Waals surface area contributed by atoms with Gasteiger partial charge < -0.3 is 34.6 Å². The van der Waals surface area contributed by atoms with E-state index in [0.717, 1.165) is 22.1 Å². The minimum absolute atomic E-state index is 0.0645. The topological polar surface area (TPSA) is 203 Å². The number of hydrogen-bond donors (Lipinski definition) is 4. The second-order valence-electron chi connectivity index (χ2n) is 9.67. The summed E-state index contributed by atoms with van der Waals surface area (Å²) in [5, 5.41) is 6.45. The van der Waals surface area contributed by atoms with Crippen molar-refractivity contribution in [1.29, 1.82) is 0 Å². The Kier molecular flexibility index (Phi) is 38.1. The second-order valence-corrected chi connectivity index (χ2v) is 9.67. The van der Waals surface area contributed by atoms with Crippen molar-refractivity contribution < 1.29 is 42.7 Å². The van der Waals surface area contributed by atoms with E-state index in [1.54, 1.807) is 37.3 Å². The maximum Gasteiger partial charge on any atom is 0.260 e. The van der Waals surface area contributed by atoms with E-state index < -0.39 is 18.0 Å². The lowest BCUT2D eigenvalue weighted by Gasteiger charge is -2.21. The van der Waals surface area contributed by atoms with E-state index in [1.807, 2.05) is 90.8 Å². The minimum atomic E-state index is -0.769. The third-order valence-corrected chi connectivity index (χ3v) is 5.67. The quantitative estimate of drug-likeness (QED) is 0.0490. The molecule has 0 radical (unpaired) electrons. The molecule has 5 amide bonds. The number of primary amides is 1. The summed E-state index contributed by atoms with van der Waals surface area (Å²) in [6, 6.07) is 12.0. The number of hydrazine groups is 1. The first kappa shape index (κ1) is 53.5. The highest BCUT2D eigenvalue weighted by Gasteiger charge is 2.20. The average molecular weight is 735 g/mol. The van der Waals surface area contributed by atoms with E-state index in [9.17, 15) is 24.0 Å². The van der Waals surface area contributed by atoms with E-state index in [4.69, 9.17) is 18.7 Å². The number of nitrogens with one attached hydrogen (secondary N) is 3. The summed E-state index contributed by atoms with van der Waals surface area (Å²) in [7, 11) is 2.99. The van der Waals surface area contributed by atoms with Gasteiger partial charge in [-0.05, 0) is 57.5 Å². The van der Waals surface area contributed by atoms with Gasteiger partial charge in [-0.2, -0.15) is 0 Å². The fourth-order valence-corrected chi connectivity index (χ4v) is 3.23. The molecule has 0 aliphatic rings. The number of carbonyl (C=O) groups is 6. The van der Waals surface area contributed by atoms with Crippen LogP contribution in [0.3, 0.4) is 0 Å². The summed E-state index contributed by atoms with van der Waals surface area (Å²) in [6.07, 6.45) is 7.16. The van der Waals surface area contributed by atoms with Gasteiger partial charge in [-0.1, -0.05) is 64.1 Å². The zero-order chi connectivity index (χ0) is 40.9. The predicted octanol–water partition coefficient (Wildman–Crippen LogP) is 3.86. The molecule has 15 heteroatoms. The van der Waals surface area contributed by atoms with Crippen LogP contribution >= 0.6 is 0 Å². The highest BCUT2D eigenvalue weighted by atomic mass is 16.5. The first-order valence-electron chi connectivity index (χ1n) is 16.7. The van der Waals surface area contributed by atoms with Crippen LogP contribution in [0.15, 0.2) is 77.1 Å². The van der Waals surface area contributed by atoms with Crippen molar-refractivity contribution in [3.05, 3.63) is 84.0 Å². The summed E-state index contributed by atoms with van der Waals surface area (Å²) in [6.45, 7) is 19.7. The van der Waals surface area contributed by atoms with Gasteiger partial charge in [0.15, 0.2) is 0 Å². The van der Waals surface area contributed by atoms with Crippen molar-refractivity contribution in [2.75, 3.05) is 27.4 Å². The van der Waals surface area contributed by atoms with Gasteiger partial charge in [-0.25, -0.2) is 0 Å². The molecule has 2 unspecified atom stereocenters. The molecule has 5 N–H and O–H groups in total. The number of carbonyl (C=O) groups excluding carboxylic acids is 6. The Morgan fingerprint density at radius 3 is 2.00 bits per heavy atom. The summed E-state index contributed by atoms with van der Waals surface area (Å²) in [5.74, 6) is 0.282. The van der Waals surface area contributed by atoms with Crippen molar-refractivity contribution in [3.63, 3.8) is 0 Å². The van der Waals surface area contributed by atoms with E-state index >= 15 is 0 Å². The van der Waals surface area contributed by atoms with Crippen LogP contribution in [0, 0.1) is 0 Å². The van der Waals surface area contributed by atoms with Crippen LogP contribution in [0.5, 0.6) is 0 Å². The minimum Gasteiger partial charge on any atom is -0.500 e. The molecule has 294 valence electrons. The Morgan fingerprint density at radius 1 is 0.962 bits per heavy atom. The molecule has 2 rings (SSSR count). The lowest BCUT2D eigenvalue weighted by atomic mass is 10.2. The molecule has 0 saturated heterocycles. The Balaban J connectivity index is -0.000000362. The molecule has 15 nitrogen and oxygen atoms in total. The molecule has 52 heavy (non-hydrogen) atoms. The van der Waals surface area contributed by atoms with Crippen molar-refractivity contribution >= 4 is 36.8 Å². The number of amides is 5. The number of nitrogens with two attached hydrogens (primary N) is 1. The normalized spacial score (nSPS) is 10.8. The fourth-order valence-electron chi connectivity index (χ4n) is 3.23. The summed E-state index contributed by atoms with van der Waals surface area (Å²) in [5.41, 5.74) is 7.83. The van der Waals surface area contributed by atoms with Crippen LogP contribution in [-0.2, 0) is 51.4 Å². The highest BCUT2D eigenvalue weighted by molar-refractivity contribution is 5.89. The number of methoxy groups -OCH3 is 1. The number of allylic oxidation sites excluding steroid dienone is 2. The van der Waals surface area contributed by atoms with Crippen LogP contribution < -0.4 is 21.8 Å². The Bertz CT molecular complexity index is 1250. The van der Waals surface area contributed by atoms with Gasteiger partial charge >= 0.3 is 0 Å². The smallest absolute Gasteiger partial charge is 0.260 e. The van der Waals surface area contributed by atoms with Crippen LogP contribution in [0.25, 0.3) is 0 Å². The van der Waals surface area contributed by atoms with Crippen LogP contribution in [-0.4, -0.2) is 86.3 Å². The Hall–Kier alpha value is -5.28. The zero-order valence-corrected chi connectivity index (χ0v) is 32.8. The molecular weight excluding hydrogens is 672 g/mol. The van der Waals surface area contributed by atoms with E-state index in [0.29, 0.717) is 26.1 Å². The maximum absolute atomic E-state index is 12.0. The number of nitrogens with zero attached hydrogens (tertiary/aromatic N) is 2. The molecule has 0 aliphatic carbocycles. The third kappa shape index (κ3) is 29.6. The van der Waals surface area contributed by atoms with Crippen molar-refractivity contribution in [2.45, 2.75) is 87.5 Å². The molecule has 1 aromatic heterocycles. The fraction of sp³-hybridized carbons (Fsp3) is 0.459. The van der Waals surface area contributed by atoms with Gasteiger partial charge in [0.2, 0.25) is 24.1 Å². The average Bonchev–Trinajstić information content (AvgIpc) is 3.68. The van der Waals surface area contributed by atoms with Crippen molar-refractivity contribution in [1.82, 2.24) is 26.0 Å². The van der Waals surface area contributed by atoms with Gasteiger partial charge in [-0.15, -0.1) is 0 Å². The number of benzene rings is 1. The predicted molar refractivity (Wildman–Crippen MR) is 203 cm³/mol. The van der Waals surface area contributed by atoms with Gasteiger partial charge in [0.1, 0.15) is 24.4 Å². The second kappa shape index (κ2) is 37.0. The van der Waals surface area contributed by atoms with Crippen LogP contribution in [0.4, 0.5) is 0 Å². The number of rotatable bonds is 16. The molecule has 0 spiro atoms. The van der Waals surface area contributed by atoms with Crippen molar-refractivity contribution in [3.8, 4) is 0 Å². The Morgan fingerprint density at radius 2 is 1.54 bits per heavy atom. The van der Waals surface area contributed by atoms with Crippen LogP contribution in [0.2, 0.25) is 0 Å². The highest BCUT2D eigenvalue weighted by Crippen LogP contribution is 2.09. The first-order chi connectivity index (χ1) is 24.9. The summed E-state index contributed by atoms with van der Waals surface area (Å²) >= 11 is 0. The molecule has 2 aromatic rings. The summed E-state index contributed by atoms with van der Waals surface area (Å²) < 4.78 is 15.9. The molecular formula is C37H62N6O9. The zero-order valence-electron chi connectivity index (χ0n) is 32.8. The van der Waals surface area contributed by atoms with E-state index in [-0.39, 0.29) is 24.5 Å². The molecule has 2 atom stereocenters. The molecule has 0 aliphatic heterocycles. The van der Waals surface area contributed by atoms with Gasteiger partial charge in [0, 0.05) is 14.0 Å². The molecule has 0 saturated carbocycles. The molecule has 0 fully saturated rings. The summed E-state index contributed by atoms with van der Waals surface area (Å²) in [4.78, 5) is 65.0. The van der Waals surface area contributed by atoms with Gasteiger partial charge in [-0.3, -0.25) is 39.7 Å². The van der Waals surface area contributed by atoms with Crippen LogP contribution in [0.1, 0.15) is 73.6 Å². The monoisotopic (exact) mass is 734 g/mol. The number of ether oxygens (including phenoxy) is 2. The van der Waals surface area contributed by atoms with Gasteiger partial charge in [0.25, 0.3) is 5.91 Å². The molecule has 0 bridgehead atoms. The lowest BCUT2D eigenvalue weighted by Crippen LogP contribution is -2.53. The molecule has 1 heterocycles. The first-order valence-corrected chi connectivity index (χ1v) is 16.7. The van der Waals surface area contributed by atoms with E-state index in [1.165, 1.54) is 27.0 Å². The lowest BCUT2D eigenvalue weighted by molar-refractivity contribution is -0.135. The number of furan rings is 1.